The number of aromatic nitrogens is 3. The van der Waals surface area contributed by atoms with E-state index in [9.17, 15) is 4.79 Å². The third kappa shape index (κ3) is 3.98. The molecule has 7 heteroatoms. The van der Waals surface area contributed by atoms with Crippen LogP contribution in [0.3, 0.4) is 0 Å². The second-order valence-electron chi connectivity index (χ2n) is 6.42. The van der Waals surface area contributed by atoms with Gasteiger partial charge in [0.2, 0.25) is 5.91 Å². The maximum atomic E-state index is 12.0. The molecule has 3 aromatic rings. The highest BCUT2D eigenvalue weighted by molar-refractivity contribution is 7.15. The van der Waals surface area contributed by atoms with Gasteiger partial charge in [-0.25, -0.2) is 15.0 Å². The summed E-state index contributed by atoms with van der Waals surface area (Å²) in [5.74, 6) is 1.59. The van der Waals surface area contributed by atoms with Crippen LogP contribution in [-0.2, 0) is 11.2 Å². The zero-order valence-corrected chi connectivity index (χ0v) is 16.0. The number of nitrogens with one attached hydrogen (secondary N) is 1. The number of piperidine rings is 1. The Hall–Kier alpha value is -2.80. The third-order valence-corrected chi connectivity index (χ3v) is 5.67. The van der Waals surface area contributed by atoms with Crippen molar-refractivity contribution in [3.63, 3.8) is 0 Å². The lowest BCUT2D eigenvalue weighted by atomic mass is 10.1. The highest BCUT2D eigenvalue weighted by Gasteiger charge is 2.19. The Morgan fingerprint density at radius 2 is 2.04 bits per heavy atom. The number of hydrogen-bond donors (Lipinski definition) is 1. The smallest absolute Gasteiger partial charge is 0.227 e. The van der Waals surface area contributed by atoms with E-state index in [1.54, 1.807) is 17.5 Å². The Kier molecular flexibility index (Phi) is 5.11. The highest BCUT2D eigenvalue weighted by atomic mass is 32.1. The minimum atomic E-state index is 0.174. The summed E-state index contributed by atoms with van der Waals surface area (Å²) in [5, 5.41) is 4.15. The molecule has 1 aliphatic rings. The minimum absolute atomic E-state index is 0.174. The van der Waals surface area contributed by atoms with Crippen molar-refractivity contribution in [2.75, 3.05) is 16.8 Å². The molecule has 0 aliphatic carbocycles. The van der Waals surface area contributed by atoms with Crippen molar-refractivity contribution >= 4 is 34.6 Å². The van der Waals surface area contributed by atoms with Crippen molar-refractivity contribution in [2.45, 2.75) is 32.6 Å². The molecule has 1 fully saturated rings. The predicted molar refractivity (Wildman–Crippen MR) is 108 cm³/mol. The van der Waals surface area contributed by atoms with Crippen LogP contribution >= 0.6 is 11.3 Å². The first-order chi connectivity index (χ1) is 13.2. The van der Waals surface area contributed by atoms with E-state index in [-0.39, 0.29) is 5.91 Å². The topological polar surface area (TPSA) is 71.0 Å². The van der Waals surface area contributed by atoms with Gasteiger partial charge in [0.05, 0.1) is 11.9 Å². The summed E-state index contributed by atoms with van der Waals surface area (Å²) >= 11 is 1.66. The van der Waals surface area contributed by atoms with E-state index in [1.807, 2.05) is 41.4 Å². The standard InChI is InChI=1S/C20H21N5OS/c1-2-15-13-22-20(27-15)16-6-5-7-18(23-16)24-17-10-9-14(12-21-17)25-11-4-3-8-19(25)26/h5-7,9-10,12-13H,2-4,8,11H2,1H3,(H,21,23,24). The number of aryl methyl sites for hydroxylation is 1. The monoisotopic (exact) mass is 379 g/mol. The Morgan fingerprint density at radius 1 is 1.11 bits per heavy atom. The van der Waals surface area contributed by atoms with Crippen LogP contribution in [0, 0.1) is 0 Å². The first-order valence-electron chi connectivity index (χ1n) is 9.18. The molecule has 4 rings (SSSR count). The Bertz CT molecular complexity index is 938. The number of carbonyl (C=O) groups is 1. The highest BCUT2D eigenvalue weighted by Crippen LogP contribution is 2.26. The number of nitrogens with zero attached hydrogens (tertiary/aromatic N) is 4. The molecule has 1 amide bonds. The summed E-state index contributed by atoms with van der Waals surface area (Å²) in [4.78, 5) is 28.6. The molecular weight excluding hydrogens is 358 g/mol. The number of anilines is 3. The van der Waals surface area contributed by atoms with E-state index >= 15 is 0 Å². The van der Waals surface area contributed by atoms with Gasteiger partial charge in [0.15, 0.2) is 0 Å². The molecule has 6 nitrogen and oxygen atoms in total. The van der Waals surface area contributed by atoms with Crippen molar-refractivity contribution in [3.8, 4) is 10.7 Å². The summed E-state index contributed by atoms with van der Waals surface area (Å²) in [6.07, 6.45) is 7.26. The van der Waals surface area contributed by atoms with Crippen LogP contribution in [-0.4, -0.2) is 27.4 Å². The van der Waals surface area contributed by atoms with Gasteiger partial charge in [-0.2, -0.15) is 0 Å². The van der Waals surface area contributed by atoms with Crippen molar-refractivity contribution in [3.05, 3.63) is 47.6 Å². The van der Waals surface area contributed by atoms with Crippen LogP contribution in [0.25, 0.3) is 10.7 Å². The lowest BCUT2D eigenvalue weighted by Crippen LogP contribution is -2.35. The summed E-state index contributed by atoms with van der Waals surface area (Å²) in [7, 11) is 0. The average Bonchev–Trinajstić information content (AvgIpc) is 3.19. The van der Waals surface area contributed by atoms with Crippen molar-refractivity contribution in [1.29, 1.82) is 0 Å². The van der Waals surface area contributed by atoms with Gasteiger partial charge in [-0.3, -0.25) is 4.79 Å². The molecule has 4 heterocycles. The second kappa shape index (κ2) is 7.84. The van der Waals surface area contributed by atoms with Crippen LogP contribution in [0.4, 0.5) is 17.3 Å². The molecule has 1 N–H and O–H groups in total. The summed E-state index contributed by atoms with van der Waals surface area (Å²) in [6.45, 7) is 2.89. The maximum absolute atomic E-state index is 12.0. The van der Waals surface area contributed by atoms with Gasteiger partial charge in [-0.15, -0.1) is 11.3 Å². The summed E-state index contributed by atoms with van der Waals surface area (Å²) < 4.78 is 0. The number of hydrogen-bond acceptors (Lipinski definition) is 6. The zero-order chi connectivity index (χ0) is 18.6. The first kappa shape index (κ1) is 17.6. The molecule has 138 valence electrons. The molecule has 0 saturated carbocycles. The third-order valence-electron chi connectivity index (χ3n) is 4.51. The number of rotatable bonds is 5. The number of pyridine rings is 2. The molecule has 0 bridgehead atoms. The summed E-state index contributed by atoms with van der Waals surface area (Å²) in [6, 6.07) is 9.63. The lowest BCUT2D eigenvalue weighted by molar-refractivity contribution is -0.119. The molecule has 27 heavy (non-hydrogen) atoms. The quantitative estimate of drug-likeness (QED) is 0.710. The fourth-order valence-corrected chi connectivity index (χ4v) is 3.86. The largest absolute Gasteiger partial charge is 0.325 e. The van der Waals surface area contributed by atoms with Gasteiger partial charge in [0, 0.05) is 24.0 Å². The molecule has 1 aliphatic heterocycles. The van der Waals surface area contributed by atoms with Crippen LogP contribution < -0.4 is 10.2 Å². The van der Waals surface area contributed by atoms with Gasteiger partial charge in [-0.1, -0.05) is 13.0 Å². The van der Waals surface area contributed by atoms with Crippen LogP contribution in [0.2, 0.25) is 0 Å². The molecule has 0 spiro atoms. The SMILES string of the molecule is CCc1cnc(-c2cccc(Nc3ccc(N4CCCCC4=O)cn3)n2)s1. The van der Waals surface area contributed by atoms with Gasteiger partial charge in [0.25, 0.3) is 0 Å². The molecule has 0 unspecified atom stereocenters. The average molecular weight is 379 g/mol. The molecule has 0 aromatic carbocycles. The molecular formula is C20H21N5OS. The van der Waals surface area contributed by atoms with Gasteiger partial charge in [-0.05, 0) is 43.5 Å². The Labute approximate surface area is 162 Å². The van der Waals surface area contributed by atoms with E-state index in [4.69, 9.17) is 0 Å². The molecule has 0 radical (unpaired) electrons. The Morgan fingerprint density at radius 3 is 2.78 bits per heavy atom. The van der Waals surface area contributed by atoms with Gasteiger partial charge < -0.3 is 10.2 Å². The molecule has 0 atom stereocenters. The van der Waals surface area contributed by atoms with E-state index in [0.29, 0.717) is 12.2 Å². The van der Waals surface area contributed by atoms with Crippen LogP contribution in [0.1, 0.15) is 31.1 Å². The lowest BCUT2D eigenvalue weighted by Gasteiger charge is -2.26. The van der Waals surface area contributed by atoms with E-state index in [1.165, 1.54) is 4.88 Å². The van der Waals surface area contributed by atoms with Crippen LogP contribution in [0.15, 0.2) is 42.7 Å². The van der Waals surface area contributed by atoms with Crippen molar-refractivity contribution < 1.29 is 4.79 Å². The normalized spacial score (nSPS) is 14.4. The number of carbonyl (C=O) groups excluding carboxylic acids is 1. The van der Waals surface area contributed by atoms with Crippen LogP contribution in [0.5, 0.6) is 0 Å². The predicted octanol–water partition coefficient (Wildman–Crippen LogP) is 4.42. The van der Waals surface area contributed by atoms with Crippen molar-refractivity contribution in [1.82, 2.24) is 15.0 Å². The maximum Gasteiger partial charge on any atom is 0.227 e. The van der Waals surface area contributed by atoms with E-state index in [2.05, 4.69) is 27.2 Å². The fourth-order valence-electron chi connectivity index (χ4n) is 3.04. The van der Waals surface area contributed by atoms with Crippen molar-refractivity contribution in [2.24, 2.45) is 0 Å². The number of amides is 1. The summed E-state index contributed by atoms with van der Waals surface area (Å²) in [5.41, 5.74) is 1.70. The molecule has 1 saturated heterocycles. The van der Waals surface area contributed by atoms with E-state index < -0.39 is 0 Å². The zero-order valence-electron chi connectivity index (χ0n) is 15.2. The Balaban J connectivity index is 1.49. The van der Waals surface area contributed by atoms with Gasteiger partial charge >= 0.3 is 0 Å². The molecule has 3 aromatic heterocycles. The first-order valence-corrected chi connectivity index (χ1v) is 10.00. The fraction of sp³-hybridized carbons (Fsp3) is 0.300. The van der Waals surface area contributed by atoms with E-state index in [0.717, 1.165) is 48.0 Å². The minimum Gasteiger partial charge on any atom is -0.325 e. The van der Waals surface area contributed by atoms with Gasteiger partial charge in [0.1, 0.15) is 22.3 Å². The number of thiazole rings is 1. The second-order valence-corrected chi connectivity index (χ2v) is 7.54.